The first-order valence-electron chi connectivity index (χ1n) is 9.08. The van der Waals surface area contributed by atoms with Crippen molar-refractivity contribution in [3.8, 4) is 0 Å². The number of hydrogen-bond acceptors (Lipinski definition) is 4. The molecule has 2 amide bonds. The summed E-state index contributed by atoms with van der Waals surface area (Å²) in [5.41, 5.74) is 1.23. The minimum absolute atomic E-state index is 0.0131. The SMILES string of the molecule is CCN1CCN(C[C@@H](C)CNC(=O)Nc2cccc(C(C)=O)c2)CC1. The van der Waals surface area contributed by atoms with Gasteiger partial charge in [0.1, 0.15) is 0 Å². The molecule has 1 atom stereocenters. The van der Waals surface area contributed by atoms with Crippen molar-refractivity contribution < 1.29 is 9.59 Å². The van der Waals surface area contributed by atoms with Crippen LogP contribution >= 0.6 is 0 Å². The highest BCUT2D eigenvalue weighted by atomic mass is 16.2. The van der Waals surface area contributed by atoms with Crippen LogP contribution in [-0.4, -0.2) is 67.4 Å². The van der Waals surface area contributed by atoms with Crippen LogP contribution < -0.4 is 10.6 Å². The van der Waals surface area contributed by atoms with E-state index in [1.165, 1.54) is 6.92 Å². The van der Waals surface area contributed by atoms with Gasteiger partial charge in [0.25, 0.3) is 0 Å². The van der Waals surface area contributed by atoms with Crippen LogP contribution in [0.25, 0.3) is 0 Å². The molecule has 6 nitrogen and oxygen atoms in total. The zero-order valence-corrected chi connectivity index (χ0v) is 15.5. The van der Waals surface area contributed by atoms with Crippen LogP contribution in [0.3, 0.4) is 0 Å². The van der Waals surface area contributed by atoms with E-state index in [0.29, 0.717) is 23.7 Å². The Hall–Kier alpha value is -1.92. The van der Waals surface area contributed by atoms with Gasteiger partial charge in [0, 0.05) is 50.5 Å². The fourth-order valence-corrected chi connectivity index (χ4v) is 3.05. The van der Waals surface area contributed by atoms with Gasteiger partial charge < -0.3 is 20.4 Å². The number of carbonyl (C=O) groups is 2. The number of benzene rings is 1. The first kappa shape index (κ1) is 19.4. The molecule has 2 N–H and O–H groups in total. The second-order valence-electron chi connectivity index (χ2n) is 6.81. The van der Waals surface area contributed by atoms with Crippen molar-refractivity contribution in [1.82, 2.24) is 15.1 Å². The highest BCUT2D eigenvalue weighted by molar-refractivity contribution is 5.96. The lowest BCUT2D eigenvalue weighted by Gasteiger charge is -2.35. The first-order chi connectivity index (χ1) is 12.0. The van der Waals surface area contributed by atoms with Gasteiger partial charge >= 0.3 is 6.03 Å². The van der Waals surface area contributed by atoms with E-state index in [4.69, 9.17) is 0 Å². The molecular weight excluding hydrogens is 316 g/mol. The highest BCUT2D eigenvalue weighted by Gasteiger charge is 2.17. The zero-order valence-electron chi connectivity index (χ0n) is 15.5. The molecule has 0 unspecified atom stereocenters. The molecule has 0 aliphatic carbocycles. The number of carbonyl (C=O) groups excluding carboxylic acids is 2. The highest BCUT2D eigenvalue weighted by Crippen LogP contribution is 2.11. The van der Waals surface area contributed by atoms with E-state index >= 15 is 0 Å². The van der Waals surface area contributed by atoms with Crippen LogP contribution in [0.4, 0.5) is 10.5 Å². The van der Waals surface area contributed by atoms with Gasteiger partial charge in [-0.1, -0.05) is 26.0 Å². The van der Waals surface area contributed by atoms with Crippen molar-refractivity contribution in [2.45, 2.75) is 20.8 Å². The number of ketones is 1. The molecule has 25 heavy (non-hydrogen) atoms. The number of nitrogens with zero attached hydrogens (tertiary/aromatic N) is 2. The van der Waals surface area contributed by atoms with Gasteiger partial charge in [-0.05, 0) is 31.5 Å². The third kappa shape index (κ3) is 6.48. The molecule has 0 radical (unpaired) electrons. The molecule has 0 aromatic heterocycles. The minimum Gasteiger partial charge on any atom is -0.338 e. The van der Waals surface area contributed by atoms with Gasteiger partial charge in [-0.15, -0.1) is 0 Å². The van der Waals surface area contributed by atoms with E-state index in [1.54, 1.807) is 24.3 Å². The summed E-state index contributed by atoms with van der Waals surface area (Å²) in [5, 5.41) is 5.70. The summed E-state index contributed by atoms with van der Waals surface area (Å²) in [6.45, 7) is 13.1. The van der Waals surface area contributed by atoms with Crippen molar-refractivity contribution in [3.63, 3.8) is 0 Å². The van der Waals surface area contributed by atoms with E-state index in [9.17, 15) is 9.59 Å². The zero-order chi connectivity index (χ0) is 18.2. The molecule has 0 bridgehead atoms. The molecule has 1 aliphatic rings. The van der Waals surface area contributed by atoms with Gasteiger partial charge in [-0.2, -0.15) is 0 Å². The molecule has 6 heteroatoms. The maximum Gasteiger partial charge on any atom is 0.319 e. The van der Waals surface area contributed by atoms with Gasteiger partial charge in [-0.25, -0.2) is 4.79 Å². The molecule has 1 aromatic carbocycles. The van der Waals surface area contributed by atoms with Crippen molar-refractivity contribution >= 4 is 17.5 Å². The fraction of sp³-hybridized carbons (Fsp3) is 0.579. The molecule has 0 spiro atoms. The Kier molecular flexibility index (Phi) is 7.40. The average molecular weight is 346 g/mol. The first-order valence-corrected chi connectivity index (χ1v) is 9.08. The van der Waals surface area contributed by atoms with Crippen molar-refractivity contribution in [2.75, 3.05) is 51.1 Å². The summed E-state index contributed by atoms with van der Waals surface area (Å²) in [6, 6.07) is 6.75. The van der Waals surface area contributed by atoms with Crippen LogP contribution in [0.2, 0.25) is 0 Å². The lowest BCUT2D eigenvalue weighted by Crippen LogP contribution is -2.48. The Morgan fingerprint density at radius 3 is 2.48 bits per heavy atom. The Balaban J connectivity index is 1.71. The summed E-state index contributed by atoms with van der Waals surface area (Å²) >= 11 is 0. The quantitative estimate of drug-likeness (QED) is 0.744. The molecule has 2 rings (SSSR count). The predicted molar refractivity (Wildman–Crippen MR) is 101 cm³/mol. The van der Waals surface area contributed by atoms with E-state index in [2.05, 4.69) is 34.3 Å². The number of amides is 2. The van der Waals surface area contributed by atoms with Crippen LogP contribution in [-0.2, 0) is 0 Å². The average Bonchev–Trinajstić information content (AvgIpc) is 2.61. The number of likely N-dealkylation sites (N-methyl/N-ethyl adjacent to an activating group) is 1. The number of Topliss-reactive ketones (excluding diaryl/α,β-unsaturated/α-hetero) is 1. The molecule has 1 aliphatic heterocycles. The van der Waals surface area contributed by atoms with Crippen molar-refractivity contribution in [3.05, 3.63) is 29.8 Å². The molecular formula is C19H30N4O2. The topological polar surface area (TPSA) is 64.7 Å². The smallest absolute Gasteiger partial charge is 0.319 e. The van der Waals surface area contributed by atoms with Crippen LogP contribution in [0.5, 0.6) is 0 Å². The summed E-state index contributed by atoms with van der Waals surface area (Å²) in [6.07, 6.45) is 0. The Morgan fingerprint density at radius 2 is 1.84 bits per heavy atom. The second kappa shape index (κ2) is 9.53. The molecule has 1 saturated heterocycles. The lowest BCUT2D eigenvalue weighted by molar-refractivity contribution is 0.101. The van der Waals surface area contributed by atoms with Crippen LogP contribution in [0.1, 0.15) is 31.1 Å². The van der Waals surface area contributed by atoms with Gasteiger partial charge in [0.05, 0.1) is 0 Å². The number of rotatable bonds is 7. The predicted octanol–water partition coefficient (Wildman–Crippen LogP) is 2.28. The summed E-state index contributed by atoms with van der Waals surface area (Å²) in [7, 11) is 0. The van der Waals surface area contributed by atoms with Crippen molar-refractivity contribution in [1.29, 1.82) is 0 Å². The van der Waals surface area contributed by atoms with Gasteiger partial charge in [0.15, 0.2) is 5.78 Å². The summed E-state index contributed by atoms with van der Waals surface area (Å²) < 4.78 is 0. The van der Waals surface area contributed by atoms with E-state index in [-0.39, 0.29) is 11.8 Å². The number of piperazine rings is 1. The maximum atomic E-state index is 12.0. The number of urea groups is 1. The van der Waals surface area contributed by atoms with Crippen molar-refractivity contribution in [2.24, 2.45) is 5.92 Å². The maximum absolute atomic E-state index is 12.0. The Morgan fingerprint density at radius 1 is 1.16 bits per heavy atom. The van der Waals surface area contributed by atoms with Crippen LogP contribution in [0.15, 0.2) is 24.3 Å². The Labute approximate surface area is 150 Å². The third-order valence-corrected chi connectivity index (χ3v) is 4.62. The van der Waals surface area contributed by atoms with E-state index in [1.807, 2.05) is 0 Å². The molecule has 0 saturated carbocycles. The summed E-state index contributed by atoms with van der Waals surface area (Å²) in [4.78, 5) is 28.4. The molecule has 1 fully saturated rings. The van der Waals surface area contributed by atoms with E-state index in [0.717, 1.165) is 39.3 Å². The number of nitrogens with one attached hydrogen (secondary N) is 2. The standard InChI is InChI=1S/C19H30N4O2/c1-4-22-8-10-23(11-9-22)14-15(2)13-20-19(25)21-18-7-5-6-17(12-18)16(3)24/h5-7,12,15H,4,8-11,13-14H2,1-3H3,(H2,20,21,25)/t15-/m0/s1. The second-order valence-corrected chi connectivity index (χ2v) is 6.81. The van der Waals surface area contributed by atoms with E-state index < -0.39 is 0 Å². The largest absolute Gasteiger partial charge is 0.338 e. The fourth-order valence-electron chi connectivity index (χ4n) is 3.05. The normalized spacial score (nSPS) is 17.1. The summed E-state index contributed by atoms with van der Waals surface area (Å²) in [5.74, 6) is 0.378. The number of anilines is 1. The van der Waals surface area contributed by atoms with Crippen LogP contribution in [0, 0.1) is 5.92 Å². The minimum atomic E-state index is -0.233. The Bertz CT molecular complexity index is 583. The molecule has 138 valence electrons. The molecule has 1 aromatic rings. The lowest BCUT2D eigenvalue weighted by atomic mass is 10.1. The van der Waals surface area contributed by atoms with Gasteiger partial charge in [-0.3, -0.25) is 4.79 Å². The third-order valence-electron chi connectivity index (χ3n) is 4.62. The monoisotopic (exact) mass is 346 g/mol. The number of hydrogen-bond donors (Lipinski definition) is 2. The molecule has 1 heterocycles. The van der Waals surface area contributed by atoms with Gasteiger partial charge in [0.2, 0.25) is 0 Å².